The summed E-state index contributed by atoms with van der Waals surface area (Å²) < 4.78 is 12.4. The highest BCUT2D eigenvalue weighted by molar-refractivity contribution is 5.73. The molecule has 0 spiro atoms. The van der Waals surface area contributed by atoms with E-state index in [1.165, 1.54) is 0 Å². The van der Waals surface area contributed by atoms with Gasteiger partial charge < -0.3 is 30.1 Å². The first-order chi connectivity index (χ1) is 17.0. The molecule has 0 radical (unpaired) electrons. The molecule has 1 aromatic heterocycles. The second-order valence-corrected chi connectivity index (χ2v) is 8.03. The standard InChI is InChI=1S/C22H35N9O4/c1-30(2)20(15-18-3-5-21(32)6-4-18)16-25-22(33)24-8-7-19-17-31(29-27-19)10-12-35-14-13-34-11-9-26-28-23/h3-6,17,20,32H,7-16H2,1-2H3,(H2,24,25,33). The van der Waals surface area contributed by atoms with Crippen molar-refractivity contribution in [2.24, 2.45) is 5.11 Å². The minimum absolute atomic E-state index is 0.122. The minimum Gasteiger partial charge on any atom is -0.508 e. The first kappa shape index (κ1) is 27.9. The summed E-state index contributed by atoms with van der Waals surface area (Å²) in [6.07, 6.45) is 3.15. The maximum absolute atomic E-state index is 12.2. The van der Waals surface area contributed by atoms with Gasteiger partial charge >= 0.3 is 6.03 Å². The van der Waals surface area contributed by atoms with E-state index >= 15 is 0 Å². The molecule has 1 unspecified atom stereocenters. The summed E-state index contributed by atoms with van der Waals surface area (Å²) in [6.45, 7) is 3.54. The molecule has 2 amide bonds. The summed E-state index contributed by atoms with van der Waals surface area (Å²) in [4.78, 5) is 16.9. The number of hydrogen-bond acceptors (Lipinski definition) is 8. The highest BCUT2D eigenvalue weighted by Gasteiger charge is 2.14. The quantitative estimate of drug-likeness (QED) is 0.131. The Morgan fingerprint density at radius 3 is 2.66 bits per heavy atom. The van der Waals surface area contributed by atoms with Crippen molar-refractivity contribution >= 4 is 6.03 Å². The molecule has 2 rings (SSSR count). The third-order valence-corrected chi connectivity index (χ3v) is 5.12. The Labute approximate surface area is 205 Å². The molecule has 3 N–H and O–H groups in total. The second kappa shape index (κ2) is 16.3. The molecule has 0 saturated carbocycles. The minimum atomic E-state index is -0.231. The zero-order chi connectivity index (χ0) is 25.3. The number of carbonyl (C=O) groups is 1. The summed E-state index contributed by atoms with van der Waals surface area (Å²) in [5.41, 5.74) is 10.0. The Bertz CT molecular complexity index is 914. The fourth-order valence-electron chi connectivity index (χ4n) is 3.11. The molecule has 0 aliphatic heterocycles. The van der Waals surface area contributed by atoms with Crippen molar-refractivity contribution in [1.82, 2.24) is 30.5 Å². The van der Waals surface area contributed by atoms with E-state index in [4.69, 9.17) is 15.0 Å². The number of rotatable bonds is 17. The number of nitrogens with zero attached hydrogens (tertiary/aromatic N) is 7. The van der Waals surface area contributed by atoms with Crippen LogP contribution in [0.3, 0.4) is 0 Å². The van der Waals surface area contributed by atoms with Crippen molar-refractivity contribution in [2.45, 2.75) is 25.4 Å². The van der Waals surface area contributed by atoms with Gasteiger partial charge in [-0.25, -0.2) is 9.48 Å². The van der Waals surface area contributed by atoms with E-state index in [2.05, 4.69) is 35.9 Å². The van der Waals surface area contributed by atoms with E-state index in [1.807, 2.05) is 32.4 Å². The number of urea groups is 1. The number of phenolic OH excluding ortho intramolecular Hbond substituents is 1. The summed E-state index contributed by atoms with van der Waals surface area (Å²) in [5.74, 6) is 0.239. The van der Waals surface area contributed by atoms with Gasteiger partial charge in [-0.2, -0.15) is 0 Å². The molecule has 0 fully saturated rings. The van der Waals surface area contributed by atoms with Crippen LogP contribution in [-0.2, 0) is 28.9 Å². The number of likely N-dealkylation sites (N-methyl/N-ethyl adjacent to an activating group) is 1. The number of nitrogens with one attached hydrogen (secondary N) is 2. The van der Waals surface area contributed by atoms with Crippen LogP contribution in [0.2, 0.25) is 0 Å². The predicted molar refractivity (Wildman–Crippen MR) is 130 cm³/mol. The molecule has 2 aromatic rings. The number of azide groups is 1. The Kier molecular flexibility index (Phi) is 13.0. The van der Waals surface area contributed by atoms with Crippen LogP contribution < -0.4 is 10.6 Å². The van der Waals surface area contributed by atoms with Crippen LogP contribution in [0.15, 0.2) is 35.6 Å². The lowest BCUT2D eigenvalue weighted by Crippen LogP contribution is -2.45. The summed E-state index contributed by atoms with van der Waals surface area (Å²) >= 11 is 0. The number of phenols is 1. The molecule has 0 saturated heterocycles. The highest BCUT2D eigenvalue weighted by Crippen LogP contribution is 2.12. The van der Waals surface area contributed by atoms with Crippen LogP contribution in [0, 0.1) is 0 Å². The van der Waals surface area contributed by atoms with E-state index in [0.717, 1.165) is 17.7 Å². The summed E-state index contributed by atoms with van der Waals surface area (Å²) in [6, 6.07) is 6.99. The molecule has 1 heterocycles. The van der Waals surface area contributed by atoms with Crippen molar-refractivity contribution < 1.29 is 19.4 Å². The number of amides is 2. The van der Waals surface area contributed by atoms with Crippen molar-refractivity contribution in [1.29, 1.82) is 0 Å². The lowest BCUT2D eigenvalue weighted by Gasteiger charge is -2.25. The van der Waals surface area contributed by atoms with Gasteiger partial charge in [0.25, 0.3) is 0 Å². The van der Waals surface area contributed by atoms with E-state index in [9.17, 15) is 9.90 Å². The molecular weight excluding hydrogens is 454 g/mol. The molecule has 35 heavy (non-hydrogen) atoms. The van der Waals surface area contributed by atoms with Crippen LogP contribution in [0.1, 0.15) is 11.3 Å². The Morgan fingerprint density at radius 1 is 1.20 bits per heavy atom. The number of aromatic hydroxyl groups is 1. The number of benzene rings is 1. The first-order valence-corrected chi connectivity index (χ1v) is 11.5. The van der Waals surface area contributed by atoms with E-state index in [1.54, 1.807) is 16.8 Å². The largest absolute Gasteiger partial charge is 0.508 e. The molecule has 0 aliphatic rings. The average molecular weight is 490 g/mol. The van der Waals surface area contributed by atoms with Gasteiger partial charge in [0.05, 0.1) is 38.7 Å². The molecule has 1 aromatic carbocycles. The molecular formula is C22H35N9O4. The monoisotopic (exact) mass is 489 g/mol. The van der Waals surface area contributed by atoms with Gasteiger partial charge in [-0.15, -0.1) is 5.10 Å². The Morgan fingerprint density at radius 2 is 1.94 bits per heavy atom. The van der Waals surface area contributed by atoms with Gasteiger partial charge in [0.15, 0.2) is 0 Å². The molecule has 13 heteroatoms. The lowest BCUT2D eigenvalue weighted by atomic mass is 10.1. The number of ether oxygens (including phenoxy) is 2. The van der Waals surface area contributed by atoms with Crippen molar-refractivity contribution in [2.75, 3.05) is 60.2 Å². The zero-order valence-corrected chi connectivity index (χ0v) is 20.3. The van der Waals surface area contributed by atoms with Gasteiger partial charge in [-0.05, 0) is 43.7 Å². The van der Waals surface area contributed by atoms with E-state index < -0.39 is 0 Å². The van der Waals surface area contributed by atoms with Crippen LogP contribution in [0.25, 0.3) is 10.4 Å². The maximum Gasteiger partial charge on any atom is 0.314 e. The van der Waals surface area contributed by atoms with Crippen LogP contribution in [0.5, 0.6) is 5.75 Å². The van der Waals surface area contributed by atoms with Crippen molar-refractivity contribution in [3.05, 3.63) is 52.2 Å². The zero-order valence-electron chi connectivity index (χ0n) is 20.3. The third kappa shape index (κ3) is 12.1. The number of hydrogen-bond donors (Lipinski definition) is 3. The highest BCUT2D eigenvalue weighted by atomic mass is 16.5. The SMILES string of the molecule is CN(C)C(CNC(=O)NCCc1cn(CCOCCOCCN=[N+]=[N-])nn1)Cc1ccc(O)cc1. The smallest absolute Gasteiger partial charge is 0.314 e. The summed E-state index contributed by atoms with van der Waals surface area (Å²) in [7, 11) is 3.95. The lowest BCUT2D eigenvalue weighted by molar-refractivity contribution is 0.0467. The fourth-order valence-corrected chi connectivity index (χ4v) is 3.11. The number of carbonyl (C=O) groups excluding carboxylic acids is 1. The van der Waals surface area contributed by atoms with E-state index in [-0.39, 0.29) is 17.8 Å². The van der Waals surface area contributed by atoms with Crippen molar-refractivity contribution in [3.63, 3.8) is 0 Å². The molecule has 0 bridgehead atoms. The first-order valence-electron chi connectivity index (χ1n) is 11.5. The van der Waals surface area contributed by atoms with Crippen molar-refractivity contribution in [3.8, 4) is 5.75 Å². The van der Waals surface area contributed by atoms with Crippen LogP contribution >= 0.6 is 0 Å². The molecule has 13 nitrogen and oxygen atoms in total. The van der Waals surface area contributed by atoms with Gasteiger partial charge in [-0.3, -0.25) is 0 Å². The van der Waals surface area contributed by atoms with E-state index in [0.29, 0.717) is 59.0 Å². The summed E-state index contributed by atoms with van der Waals surface area (Å²) in [5, 5.41) is 26.8. The van der Waals surface area contributed by atoms with Gasteiger partial charge in [0.1, 0.15) is 5.75 Å². The normalized spacial score (nSPS) is 11.7. The number of aromatic nitrogens is 3. The fraction of sp³-hybridized carbons (Fsp3) is 0.591. The van der Waals surface area contributed by atoms with Crippen LogP contribution in [-0.4, -0.2) is 97.2 Å². The molecule has 0 aliphatic carbocycles. The second-order valence-electron chi connectivity index (χ2n) is 8.03. The molecule has 1 atom stereocenters. The Balaban J connectivity index is 1.57. The molecule has 192 valence electrons. The van der Waals surface area contributed by atoms with Gasteiger partial charge in [-0.1, -0.05) is 22.5 Å². The average Bonchev–Trinajstić information content (AvgIpc) is 3.29. The third-order valence-electron chi connectivity index (χ3n) is 5.12. The van der Waals surface area contributed by atoms with Gasteiger partial charge in [0.2, 0.25) is 0 Å². The Hall–Kier alpha value is -3.38. The van der Waals surface area contributed by atoms with Gasteiger partial charge in [0, 0.05) is 43.2 Å². The topological polar surface area (TPSA) is 163 Å². The maximum atomic E-state index is 12.2. The van der Waals surface area contributed by atoms with Crippen LogP contribution in [0.4, 0.5) is 4.79 Å². The predicted octanol–water partition coefficient (Wildman–Crippen LogP) is 1.34.